The topological polar surface area (TPSA) is 76.1 Å². The van der Waals surface area contributed by atoms with Crippen LogP contribution in [0.3, 0.4) is 0 Å². The number of hydrogen-bond acceptors (Lipinski definition) is 7. The second-order valence-electron chi connectivity index (χ2n) is 8.62. The highest BCUT2D eigenvalue weighted by Crippen LogP contribution is 2.31. The van der Waals surface area contributed by atoms with E-state index < -0.39 is 30.5 Å². The molecule has 0 aliphatic carbocycles. The second-order valence-corrected chi connectivity index (χ2v) is 8.62. The molecule has 1 N–H and O–H groups in total. The third kappa shape index (κ3) is 8.05. The van der Waals surface area contributed by atoms with Crippen LogP contribution in [-0.4, -0.2) is 45.8 Å². The lowest BCUT2D eigenvalue weighted by Crippen LogP contribution is -2.30. The summed E-state index contributed by atoms with van der Waals surface area (Å²) in [5.41, 5.74) is 1.40. The molecule has 38 heavy (non-hydrogen) atoms. The Labute approximate surface area is 214 Å². The SMILES string of the molecule is FC(F)(F)COc1nc(Nc2cccc(C(F)(F)F)c2)nc(N2CCCC=C(Cc3ccncc3)CC2)n1. The van der Waals surface area contributed by atoms with Gasteiger partial charge in [-0.3, -0.25) is 4.98 Å². The molecule has 2 aromatic heterocycles. The molecule has 1 aromatic carbocycles. The van der Waals surface area contributed by atoms with E-state index >= 15 is 0 Å². The van der Waals surface area contributed by atoms with Crippen LogP contribution in [0.25, 0.3) is 0 Å². The molecular formula is C25H24F6N6O. The molecule has 1 aliphatic rings. The summed E-state index contributed by atoms with van der Waals surface area (Å²) in [5.74, 6) is -0.169. The van der Waals surface area contributed by atoms with Gasteiger partial charge < -0.3 is 15.0 Å². The van der Waals surface area contributed by atoms with Crippen molar-refractivity contribution in [1.29, 1.82) is 0 Å². The van der Waals surface area contributed by atoms with Crippen molar-refractivity contribution in [1.82, 2.24) is 19.9 Å². The zero-order valence-corrected chi connectivity index (χ0v) is 20.1. The fraction of sp³-hybridized carbons (Fsp3) is 0.360. The summed E-state index contributed by atoms with van der Waals surface area (Å²) in [6, 6.07) is 7.59. The number of halogens is 6. The molecule has 0 unspecified atom stereocenters. The highest BCUT2D eigenvalue weighted by atomic mass is 19.4. The van der Waals surface area contributed by atoms with Crippen molar-refractivity contribution in [3.8, 4) is 6.01 Å². The minimum absolute atomic E-state index is 0.00832. The summed E-state index contributed by atoms with van der Waals surface area (Å²) in [4.78, 5) is 18.0. The maximum atomic E-state index is 13.1. The van der Waals surface area contributed by atoms with Crippen molar-refractivity contribution in [3.63, 3.8) is 0 Å². The van der Waals surface area contributed by atoms with Crippen molar-refractivity contribution >= 4 is 17.6 Å². The monoisotopic (exact) mass is 538 g/mol. The zero-order valence-electron chi connectivity index (χ0n) is 20.1. The first-order chi connectivity index (χ1) is 18.0. The van der Waals surface area contributed by atoms with Crippen LogP contribution < -0.4 is 15.0 Å². The van der Waals surface area contributed by atoms with E-state index in [1.165, 1.54) is 17.7 Å². The van der Waals surface area contributed by atoms with E-state index in [-0.39, 0.29) is 17.6 Å². The molecule has 7 nitrogen and oxygen atoms in total. The van der Waals surface area contributed by atoms with Gasteiger partial charge in [0.25, 0.3) is 0 Å². The van der Waals surface area contributed by atoms with E-state index in [2.05, 4.69) is 31.3 Å². The summed E-state index contributed by atoms with van der Waals surface area (Å²) < 4.78 is 82.5. The van der Waals surface area contributed by atoms with E-state index in [0.29, 0.717) is 19.5 Å². The molecule has 13 heteroatoms. The third-order valence-corrected chi connectivity index (χ3v) is 5.65. The van der Waals surface area contributed by atoms with Gasteiger partial charge in [-0.1, -0.05) is 17.7 Å². The predicted molar refractivity (Wildman–Crippen MR) is 128 cm³/mol. The number of alkyl halides is 6. The molecule has 0 bridgehead atoms. The van der Waals surface area contributed by atoms with E-state index in [0.717, 1.165) is 37.0 Å². The minimum Gasteiger partial charge on any atom is -0.454 e. The Bertz CT molecular complexity index is 1250. The molecule has 0 saturated heterocycles. The quantitative estimate of drug-likeness (QED) is 0.287. The summed E-state index contributed by atoms with van der Waals surface area (Å²) in [6.45, 7) is -0.633. The number of nitrogens with zero attached hydrogens (tertiary/aromatic N) is 5. The highest BCUT2D eigenvalue weighted by molar-refractivity contribution is 5.56. The first-order valence-electron chi connectivity index (χ1n) is 11.8. The lowest BCUT2D eigenvalue weighted by molar-refractivity contribution is -0.154. The van der Waals surface area contributed by atoms with Gasteiger partial charge in [-0.05, 0) is 61.6 Å². The van der Waals surface area contributed by atoms with Crippen LogP contribution >= 0.6 is 0 Å². The molecule has 1 aliphatic heterocycles. The molecular weight excluding hydrogens is 514 g/mol. The van der Waals surface area contributed by atoms with Crippen molar-refractivity contribution in [2.75, 3.05) is 29.9 Å². The van der Waals surface area contributed by atoms with Crippen LogP contribution in [0, 0.1) is 0 Å². The Morgan fingerprint density at radius 2 is 1.74 bits per heavy atom. The Hall–Kier alpha value is -3.90. The molecule has 4 rings (SSSR count). The molecule has 0 radical (unpaired) electrons. The number of anilines is 3. The summed E-state index contributed by atoms with van der Waals surface area (Å²) in [7, 11) is 0. The van der Waals surface area contributed by atoms with E-state index in [9.17, 15) is 26.3 Å². The number of benzene rings is 1. The van der Waals surface area contributed by atoms with Crippen LogP contribution in [0.15, 0.2) is 60.4 Å². The number of allylic oxidation sites excluding steroid dienone is 1. The predicted octanol–water partition coefficient (Wildman–Crippen LogP) is 6.13. The summed E-state index contributed by atoms with van der Waals surface area (Å²) in [5, 5.41) is 2.64. The number of hydrogen-bond donors (Lipinski definition) is 1. The first kappa shape index (κ1) is 27.1. The average Bonchev–Trinajstić information content (AvgIpc) is 2.84. The van der Waals surface area contributed by atoms with Gasteiger partial charge >= 0.3 is 18.4 Å². The number of rotatable bonds is 7. The molecule has 0 spiro atoms. The van der Waals surface area contributed by atoms with Crippen molar-refractivity contribution in [3.05, 3.63) is 71.6 Å². The molecule has 3 heterocycles. The molecule has 0 saturated carbocycles. The highest BCUT2D eigenvalue weighted by Gasteiger charge is 2.31. The number of ether oxygens (including phenoxy) is 1. The minimum atomic E-state index is -4.63. The van der Waals surface area contributed by atoms with Crippen LogP contribution in [0.4, 0.5) is 43.9 Å². The molecule has 202 valence electrons. The van der Waals surface area contributed by atoms with Gasteiger partial charge in [-0.15, -0.1) is 0 Å². The molecule has 0 fully saturated rings. The van der Waals surface area contributed by atoms with Gasteiger partial charge in [0.2, 0.25) is 11.9 Å². The van der Waals surface area contributed by atoms with Gasteiger partial charge in [-0.25, -0.2) is 0 Å². The van der Waals surface area contributed by atoms with Gasteiger partial charge in [0.05, 0.1) is 5.56 Å². The molecule has 0 amide bonds. The van der Waals surface area contributed by atoms with Crippen LogP contribution in [0.2, 0.25) is 0 Å². The van der Waals surface area contributed by atoms with Crippen LogP contribution in [-0.2, 0) is 12.6 Å². The number of aromatic nitrogens is 4. The second kappa shape index (κ2) is 11.7. The summed E-state index contributed by atoms with van der Waals surface area (Å²) in [6.07, 6.45) is -0.670. The van der Waals surface area contributed by atoms with E-state index in [1.54, 1.807) is 17.3 Å². The van der Waals surface area contributed by atoms with Gasteiger partial charge in [0.1, 0.15) is 0 Å². The molecule has 3 aromatic rings. The van der Waals surface area contributed by atoms with Crippen molar-refractivity contribution in [2.24, 2.45) is 0 Å². The Morgan fingerprint density at radius 3 is 2.47 bits per heavy atom. The fourth-order valence-corrected chi connectivity index (χ4v) is 3.86. The average molecular weight is 538 g/mol. The van der Waals surface area contributed by atoms with Crippen molar-refractivity contribution < 1.29 is 31.1 Å². The standard InChI is InChI=1S/C25H24F6N6O/c26-24(27,28)16-38-23-35-21(33-20-6-3-5-19(15-20)25(29,30)31)34-22(36-23)37-12-2-1-4-17(9-13-37)14-18-7-10-32-11-8-18/h3-8,10-11,15H,1-2,9,12-14,16H2,(H,33,34,35,36). The first-order valence-corrected chi connectivity index (χ1v) is 11.8. The number of nitrogens with one attached hydrogen (secondary N) is 1. The fourth-order valence-electron chi connectivity index (χ4n) is 3.86. The Kier molecular flexibility index (Phi) is 8.32. The maximum absolute atomic E-state index is 13.1. The lowest BCUT2D eigenvalue weighted by atomic mass is 10.00. The van der Waals surface area contributed by atoms with Gasteiger partial charge in [0.15, 0.2) is 6.61 Å². The van der Waals surface area contributed by atoms with Crippen LogP contribution in [0.1, 0.15) is 30.4 Å². The largest absolute Gasteiger partial charge is 0.454 e. The number of pyridine rings is 1. The summed E-state index contributed by atoms with van der Waals surface area (Å²) >= 11 is 0. The van der Waals surface area contributed by atoms with Gasteiger partial charge in [0, 0.05) is 31.2 Å². The molecule has 0 atom stereocenters. The maximum Gasteiger partial charge on any atom is 0.422 e. The van der Waals surface area contributed by atoms with E-state index in [4.69, 9.17) is 4.74 Å². The Balaban J connectivity index is 1.57. The van der Waals surface area contributed by atoms with Crippen molar-refractivity contribution in [2.45, 2.75) is 38.0 Å². The smallest absolute Gasteiger partial charge is 0.422 e. The lowest BCUT2D eigenvalue weighted by Gasteiger charge is -2.25. The van der Waals surface area contributed by atoms with Crippen LogP contribution in [0.5, 0.6) is 6.01 Å². The normalized spacial score (nSPS) is 14.9. The van der Waals surface area contributed by atoms with Gasteiger partial charge in [-0.2, -0.15) is 41.3 Å². The third-order valence-electron chi connectivity index (χ3n) is 5.65. The Morgan fingerprint density at radius 1 is 0.947 bits per heavy atom. The van der Waals surface area contributed by atoms with E-state index in [1.807, 2.05) is 12.1 Å². The zero-order chi connectivity index (χ0) is 27.2.